The second-order valence-corrected chi connectivity index (χ2v) is 19.6. The molecule has 8 nitrogen and oxygen atoms in total. The maximum absolute atomic E-state index is 11.0. The number of anilines is 6. The zero-order valence-electron chi connectivity index (χ0n) is 43.6. The maximum atomic E-state index is 11.0. The number of fused-ring (bicyclic) bond motifs is 3. The molecular weight excluding hydrogens is 989 g/mol. The fourth-order valence-electron chi connectivity index (χ4n) is 10.7. The summed E-state index contributed by atoms with van der Waals surface area (Å²) in [6.07, 6.45) is 0. The van der Waals surface area contributed by atoms with Crippen molar-refractivity contribution in [1.82, 2.24) is 14.5 Å². The summed E-state index contributed by atoms with van der Waals surface area (Å²) in [5.74, 6) is 0.533. The first-order chi connectivity index (χ1) is 40.0. The van der Waals surface area contributed by atoms with Crippen molar-refractivity contribution in [2.24, 2.45) is 0 Å². The second kappa shape index (κ2) is 21.4. The van der Waals surface area contributed by atoms with Crippen molar-refractivity contribution in [2.75, 3.05) is 9.80 Å². The van der Waals surface area contributed by atoms with Gasteiger partial charge in [-0.3, -0.25) is 0 Å². The molecule has 0 saturated heterocycles. The van der Waals surface area contributed by atoms with Crippen LogP contribution in [0.15, 0.2) is 279 Å². The van der Waals surface area contributed by atoms with Crippen LogP contribution in [0.2, 0.25) is 0 Å². The fourth-order valence-corrected chi connectivity index (χ4v) is 10.7. The van der Waals surface area contributed by atoms with Crippen LogP contribution in [0, 0.1) is 34.0 Å². The zero-order chi connectivity index (χ0) is 54.7. The van der Waals surface area contributed by atoms with E-state index in [2.05, 4.69) is 227 Å². The molecule has 0 fully saturated rings. The third-order valence-electron chi connectivity index (χ3n) is 14.7. The van der Waals surface area contributed by atoms with Crippen LogP contribution in [0.25, 0.3) is 83.6 Å². The lowest BCUT2D eigenvalue weighted by Crippen LogP contribution is -2.09. The summed E-state index contributed by atoms with van der Waals surface area (Å²) in [6.45, 7) is 0. The molecule has 2 aromatic heterocycles. The number of para-hydroxylation sites is 4. The van der Waals surface area contributed by atoms with E-state index in [1.54, 1.807) is 24.3 Å². The minimum atomic E-state index is 0.533. The molecule has 0 N–H and O–H groups in total. The Morgan fingerprint density at radius 3 is 1.05 bits per heavy atom. The van der Waals surface area contributed by atoms with Gasteiger partial charge in [-0.25, -0.2) is 9.97 Å². The van der Waals surface area contributed by atoms with E-state index in [9.17, 15) is 15.8 Å². The largest absolute Gasteiger partial charge is 0.310 e. The minimum Gasteiger partial charge on any atom is -0.310 e. The average Bonchev–Trinajstić information content (AvgIpc) is 4.13. The van der Waals surface area contributed by atoms with Crippen molar-refractivity contribution in [1.29, 1.82) is 15.8 Å². The Labute approximate surface area is 469 Å². The van der Waals surface area contributed by atoms with E-state index in [0.717, 1.165) is 112 Å². The van der Waals surface area contributed by atoms with Crippen LogP contribution in [0.3, 0.4) is 0 Å². The van der Waals surface area contributed by atoms with Crippen molar-refractivity contribution < 1.29 is 0 Å². The molecule has 0 spiro atoms. The summed E-state index contributed by atoms with van der Waals surface area (Å²) in [7, 11) is 0. The third kappa shape index (κ3) is 9.57. The Balaban J connectivity index is 0.859. The molecule has 13 rings (SSSR count). The topological polar surface area (TPSA) is 109 Å². The van der Waals surface area contributed by atoms with Crippen LogP contribution < -0.4 is 9.80 Å². The molecule has 0 aliphatic rings. The standard InChI is InChI=1S/C73H46N8/c74-47-50-21-25-55(26-22-50)68-46-69(78-73(77-68)57-27-23-51(48-75)24-28-57)56-35-33-53(34-36-56)52-29-31-54(32-30-52)58-37-40-70(59(43-58)49-76)81-71-41-38-64(79(60-13-5-1-6-14-60)61-15-7-2-8-16-61)44-66(71)67-45-65(39-42-72(67)81)80(62-17-9-3-10-18-62)63-19-11-4-12-20-63/h1-46H. The van der Waals surface area contributed by atoms with Crippen molar-refractivity contribution >= 4 is 55.9 Å². The Bertz CT molecular complexity index is 4260. The van der Waals surface area contributed by atoms with Crippen LogP contribution in [0.4, 0.5) is 34.1 Å². The summed E-state index contributed by atoms with van der Waals surface area (Å²) < 4.78 is 2.24. The number of hydrogen-bond donors (Lipinski definition) is 0. The van der Waals surface area contributed by atoms with Gasteiger partial charge in [0.25, 0.3) is 0 Å². The number of aromatic nitrogens is 3. The van der Waals surface area contributed by atoms with Gasteiger partial charge in [-0.05, 0) is 162 Å². The predicted molar refractivity (Wildman–Crippen MR) is 327 cm³/mol. The van der Waals surface area contributed by atoms with E-state index in [1.807, 2.05) is 60.7 Å². The minimum absolute atomic E-state index is 0.533. The van der Waals surface area contributed by atoms with Gasteiger partial charge in [-0.2, -0.15) is 15.8 Å². The molecule has 2 heterocycles. The van der Waals surface area contributed by atoms with E-state index in [4.69, 9.17) is 9.97 Å². The highest BCUT2D eigenvalue weighted by molar-refractivity contribution is 6.12. The highest BCUT2D eigenvalue weighted by Gasteiger charge is 2.22. The molecule has 378 valence electrons. The average molecular weight is 1040 g/mol. The normalized spacial score (nSPS) is 10.9. The first-order valence-electron chi connectivity index (χ1n) is 26.5. The molecule has 0 atom stereocenters. The molecule has 11 aromatic carbocycles. The molecule has 0 radical (unpaired) electrons. The third-order valence-corrected chi connectivity index (χ3v) is 14.7. The quantitative estimate of drug-likeness (QED) is 0.120. The van der Waals surface area contributed by atoms with Gasteiger partial charge in [-0.1, -0.05) is 140 Å². The summed E-state index contributed by atoms with van der Waals surface area (Å²) >= 11 is 0. The first kappa shape index (κ1) is 49.0. The van der Waals surface area contributed by atoms with Crippen LogP contribution in [-0.2, 0) is 0 Å². The number of benzene rings is 11. The van der Waals surface area contributed by atoms with Crippen LogP contribution in [0.5, 0.6) is 0 Å². The molecule has 13 aromatic rings. The van der Waals surface area contributed by atoms with Gasteiger partial charge in [0.1, 0.15) is 6.07 Å². The molecular formula is C73H46N8. The second-order valence-electron chi connectivity index (χ2n) is 19.6. The molecule has 0 aliphatic carbocycles. The van der Waals surface area contributed by atoms with E-state index in [-0.39, 0.29) is 0 Å². The van der Waals surface area contributed by atoms with Gasteiger partial charge in [0.15, 0.2) is 5.82 Å². The maximum Gasteiger partial charge on any atom is 0.160 e. The summed E-state index contributed by atoms with van der Waals surface area (Å²) in [6, 6.07) is 102. The van der Waals surface area contributed by atoms with Crippen molar-refractivity contribution in [3.05, 3.63) is 296 Å². The van der Waals surface area contributed by atoms with Crippen LogP contribution >= 0.6 is 0 Å². The van der Waals surface area contributed by atoms with E-state index < -0.39 is 0 Å². The fraction of sp³-hybridized carbons (Fsp3) is 0. The lowest BCUT2D eigenvalue weighted by molar-refractivity contribution is 1.17. The van der Waals surface area contributed by atoms with Crippen molar-refractivity contribution in [3.63, 3.8) is 0 Å². The van der Waals surface area contributed by atoms with Gasteiger partial charge >= 0.3 is 0 Å². The molecule has 8 heteroatoms. The van der Waals surface area contributed by atoms with Gasteiger partial charge in [0.2, 0.25) is 0 Å². The van der Waals surface area contributed by atoms with E-state index in [1.165, 1.54) is 0 Å². The Hall–Kier alpha value is -11.6. The summed E-state index contributed by atoms with van der Waals surface area (Å²) in [4.78, 5) is 14.5. The highest BCUT2D eigenvalue weighted by Crippen LogP contribution is 2.44. The summed E-state index contributed by atoms with van der Waals surface area (Å²) in [5, 5.41) is 32.0. The lowest BCUT2D eigenvalue weighted by atomic mass is 9.97. The molecule has 0 amide bonds. The van der Waals surface area contributed by atoms with Crippen molar-refractivity contribution in [3.8, 4) is 80.1 Å². The van der Waals surface area contributed by atoms with Gasteiger partial charge in [-0.15, -0.1) is 0 Å². The smallest absolute Gasteiger partial charge is 0.160 e. The van der Waals surface area contributed by atoms with Crippen LogP contribution in [-0.4, -0.2) is 14.5 Å². The van der Waals surface area contributed by atoms with E-state index in [0.29, 0.717) is 22.5 Å². The Kier molecular flexibility index (Phi) is 12.9. The predicted octanol–water partition coefficient (Wildman–Crippen LogP) is 18.5. The highest BCUT2D eigenvalue weighted by atomic mass is 15.1. The van der Waals surface area contributed by atoms with Gasteiger partial charge in [0.05, 0.1) is 56.9 Å². The molecule has 0 bridgehead atoms. The molecule has 0 unspecified atom stereocenters. The summed E-state index contributed by atoms with van der Waals surface area (Å²) in [5.41, 5.74) is 18.7. The molecule has 0 aliphatic heterocycles. The van der Waals surface area contributed by atoms with Crippen LogP contribution in [0.1, 0.15) is 16.7 Å². The Morgan fingerprint density at radius 2 is 0.654 bits per heavy atom. The Morgan fingerprint density at radius 1 is 0.296 bits per heavy atom. The number of nitrogens with zero attached hydrogens (tertiary/aromatic N) is 8. The molecule has 81 heavy (non-hydrogen) atoms. The SMILES string of the molecule is N#Cc1ccc(-c2cc(-c3ccc(-c4ccc(-c5ccc(-n6c7ccc(N(c8ccccc8)c8ccccc8)cc7c7cc(N(c8ccccc8)c8ccccc8)ccc76)c(C#N)c5)cc4)cc3)nc(-c3ccc(C#N)cc3)n2)cc1. The monoisotopic (exact) mass is 1030 g/mol. The van der Waals surface area contributed by atoms with E-state index >= 15 is 0 Å². The van der Waals surface area contributed by atoms with Gasteiger partial charge < -0.3 is 14.4 Å². The number of rotatable bonds is 12. The number of hydrogen-bond acceptors (Lipinski definition) is 7. The van der Waals surface area contributed by atoms with Gasteiger partial charge in [0, 0.05) is 61.6 Å². The molecule has 0 saturated carbocycles. The zero-order valence-corrected chi connectivity index (χ0v) is 43.6. The van der Waals surface area contributed by atoms with Crippen molar-refractivity contribution in [2.45, 2.75) is 0 Å². The first-order valence-corrected chi connectivity index (χ1v) is 26.5. The lowest BCUT2D eigenvalue weighted by Gasteiger charge is -2.26. The number of nitriles is 3.